The van der Waals surface area contributed by atoms with E-state index in [4.69, 9.17) is 4.74 Å². The van der Waals surface area contributed by atoms with Crippen LogP contribution in [0.3, 0.4) is 0 Å². The number of hydrogen-bond donors (Lipinski definition) is 1. The molecule has 0 saturated heterocycles. The van der Waals surface area contributed by atoms with Crippen molar-refractivity contribution in [2.24, 2.45) is 0 Å². The molecule has 0 bridgehead atoms. The van der Waals surface area contributed by atoms with Crippen molar-refractivity contribution < 1.29 is 22.9 Å². The van der Waals surface area contributed by atoms with Crippen LogP contribution in [0.4, 0.5) is 8.78 Å². The van der Waals surface area contributed by atoms with E-state index in [0.717, 1.165) is 11.1 Å². The minimum Gasteiger partial charge on any atom is -0.598 e. The van der Waals surface area contributed by atoms with Crippen molar-refractivity contribution in [1.29, 1.82) is 0 Å². The molecule has 2 atom stereocenters. The lowest BCUT2D eigenvalue weighted by Crippen LogP contribution is -2.42. The molecule has 0 fully saturated rings. The number of halogens is 2. The van der Waals surface area contributed by atoms with E-state index in [0.29, 0.717) is 11.1 Å². The Morgan fingerprint density at radius 2 is 1.83 bits per heavy atom. The molecule has 0 saturated carbocycles. The molecule has 1 N–H and O–H groups in total. The smallest absolute Gasteiger partial charge is 0.307 e. The van der Waals surface area contributed by atoms with Gasteiger partial charge in [0.2, 0.25) is 0 Å². The molecule has 164 valence electrons. The van der Waals surface area contributed by atoms with Crippen molar-refractivity contribution in [1.82, 2.24) is 4.72 Å². The fourth-order valence-electron chi connectivity index (χ4n) is 3.20. The van der Waals surface area contributed by atoms with E-state index >= 15 is 4.39 Å². The van der Waals surface area contributed by atoms with Gasteiger partial charge < -0.3 is 9.29 Å². The zero-order chi connectivity index (χ0) is 22.6. The van der Waals surface area contributed by atoms with E-state index < -0.39 is 39.8 Å². The van der Waals surface area contributed by atoms with Crippen LogP contribution in [0.1, 0.15) is 56.8 Å². The van der Waals surface area contributed by atoms with Crippen LogP contribution >= 0.6 is 0 Å². The Hall–Kier alpha value is -1.96. The predicted octanol–water partition coefficient (Wildman–Crippen LogP) is 5.29. The molecule has 1 unspecified atom stereocenters. The number of ether oxygens (including phenoxy) is 1. The largest absolute Gasteiger partial charge is 0.598 e. The highest BCUT2D eigenvalue weighted by atomic mass is 32.2. The molecule has 0 heterocycles. The standard InChI is InChI=1S/C23H29F2NO3S/c1-7-29-20(27)13-19(26-30(28)23(4,5)6)21-15(3)17(12-18(24)22(21)25)16-11-9-8-10-14(16)2/h8-12,19,26H,7,13H2,1-6H3/t19?,30-/m1/s1. The van der Waals surface area contributed by atoms with Gasteiger partial charge in [-0.15, -0.1) is 4.72 Å². The maximum absolute atomic E-state index is 15.0. The second kappa shape index (κ2) is 9.90. The van der Waals surface area contributed by atoms with Gasteiger partial charge in [-0.2, -0.15) is 0 Å². The van der Waals surface area contributed by atoms with Crippen molar-refractivity contribution in [3.63, 3.8) is 0 Å². The fraction of sp³-hybridized carbons (Fsp3) is 0.435. The van der Waals surface area contributed by atoms with Gasteiger partial charge in [0.05, 0.1) is 19.1 Å². The summed E-state index contributed by atoms with van der Waals surface area (Å²) in [6, 6.07) is 7.57. The topological polar surface area (TPSA) is 61.4 Å². The number of esters is 1. The van der Waals surface area contributed by atoms with E-state index in [1.54, 1.807) is 34.6 Å². The van der Waals surface area contributed by atoms with E-state index in [2.05, 4.69) is 4.72 Å². The highest BCUT2D eigenvalue weighted by Crippen LogP contribution is 2.36. The van der Waals surface area contributed by atoms with Gasteiger partial charge in [-0.25, -0.2) is 8.78 Å². The number of benzene rings is 2. The van der Waals surface area contributed by atoms with Gasteiger partial charge in [0.15, 0.2) is 11.6 Å². The maximum Gasteiger partial charge on any atom is 0.307 e. The third kappa shape index (κ3) is 5.59. The first kappa shape index (κ1) is 24.3. The van der Waals surface area contributed by atoms with Crippen molar-refractivity contribution in [2.75, 3.05) is 6.61 Å². The van der Waals surface area contributed by atoms with E-state index in [9.17, 15) is 13.7 Å². The molecule has 0 radical (unpaired) electrons. The summed E-state index contributed by atoms with van der Waals surface area (Å²) >= 11 is -1.61. The quantitative estimate of drug-likeness (QED) is 0.472. The number of nitrogens with one attached hydrogen (secondary N) is 1. The molecule has 0 spiro atoms. The van der Waals surface area contributed by atoms with Gasteiger partial charge in [0.1, 0.15) is 4.75 Å². The van der Waals surface area contributed by atoms with Crippen LogP contribution in [0, 0.1) is 25.5 Å². The number of carbonyl (C=O) groups excluding carboxylic acids is 1. The summed E-state index contributed by atoms with van der Waals surface area (Å²) < 4.78 is 49.6. The average molecular weight is 438 g/mol. The van der Waals surface area contributed by atoms with Gasteiger partial charge in [-0.05, 0) is 69.9 Å². The zero-order valence-electron chi connectivity index (χ0n) is 18.3. The average Bonchev–Trinajstić information content (AvgIpc) is 2.65. The molecule has 0 aromatic heterocycles. The van der Waals surface area contributed by atoms with Crippen molar-refractivity contribution in [2.45, 2.75) is 58.8 Å². The molecule has 0 aliphatic heterocycles. The maximum atomic E-state index is 15.0. The van der Waals surface area contributed by atoms with Crippen molar-refractivity contribution >= 4 is 17.3 Å². The first-order chi connectivity index (χ1) is 14.0. The number of hydrogen-bond acceptors (Lipinski definition) is 4. The van der Waals surface area contributed by atoms with Gasteiger partial charge >= 0.3 is 5.97 Å². The molecule has 0 amide bonds. The predicted molar refractivity (Wildman–Crippen MR) is 116 cm³/mol. The minimum atomic E-state index is -1.61. The third-order valence-corrected chi connectivity index (χ3v) is 6.40. The molecule has 30 heavy (non-hydrogen) atoms. The first-order valence-corrected chi connectivity index (χ1v) is 11.0. The highest BCUT2D eigenvalue weighted by Gasteiger charge is 2.34. The molecule has 2 aromatic carbocycles. The Kier molecular flexibility index (Phi) is 8.02. The molecular weight excluding hydrogens is 408 g/mol. The molecule has 0 aliphatic carbocycles. The van der Waals surface area contributed by atoms with Crippen LogP contribution in [0.15, 0.2) is 30.3 Å². The lowest BCUT2D eigenvalue weighted by molar-refractivity contribution is -0.143. The van der Waals surface area contributed by atoms with Gasteiger partial charge in [0, 0.05) is 16.9 Å². The van der Waals surface area contributed by atoms with Crippen molar-refractivity contribution in [3.05, 3.63) is 58.7 Å². The van der Waals surface area contributed by atoms with Crippen LogP contribution in [0.5, 0.6) is 0 Å². The van der Waals surface area contributed by atoms with Crippen LogP contribution in [-0.4, -0.2) is 21.9 Å². The Balaban J connectivity index is 2.64. The Morgan fingerprint density at radius 1 is 1.20 bits per heavy atom. The van der Waals surface area contributed by atoms with Gasteiger partial charge in [0.25, 0.3) is 0 Å². The monoisotopic (exact) mass is 437 g/mol. The molecular formula is C23H29F2NO3S. The Bertz CT molecular complexity index is 912. The van der Waals surface area contributed by atoms with Crippen LogP contribution in [-0.2, 0) is 20.9 Å². The number of aryl methyl sites for hydroxylation is 1. The summed E-state index contributed by atoms with van der Waals surface area (Å²) in [5, 5.41) is 0. The molecule has 0 aliphatic rings. The Labute approximate surface area is 180 Å². The second-order valence-corrected chi connectivity index (χ2v) is 10.1. The normalized spacial score (nSPS) is 13.8. The molecule has 4 nitrogen and oxygen atoms in total. The van der Waals surface area contributed by atoms with E-state index in [-0.39, 0.29) is 18.6 Å². The summed E-state index contributed by atoms with van der Waals surface area (Å²) in [5.41, 5.74) is 2.67. The van der Waals surface area contributed by atoms with Crippen LogP contribution < -0.4 is 4.72 Å². The molecule has 2 aromatic rings. The zero-order valence-corrected chi connectivity index (χ0v) is 19.1. The number of rotatable bonds is 7. The first-order valence-electron chi connectivity index (χ1n) is 9.85. The van der Waals surface area contributed by atoms with Crippen molar-refractivity contribution in [3.8, 4) is 11.1 Å². The second-order valence-electron chi connectivity index (χ2n) is 8.13. The summed E-state index contributed by atoms with van der Waals surface area (Å²) in [5.74, 6) is -2.66. The summed E-state index contributed by atoms with van der Waals surface area (Å²) in [4.78, 5) is 12.2. The third-order valence-electron chi connectivity index (χ3n) is 4.79. The summed E-state index contributed by atoms with van der Waals surface area (Å²) in [7, 11) is 0. The Morgan fingerprint density at radius 3 is 2.40 bits per heavy atom. The highest BCUT2D eigenvalue weighted by molar-refractivity contribution is 7.90. The lowest BCUT2D eigenvalue weighted by atomic mass is 9.89. The SMILES string of the molecule is CCOC(=O)CC(N[S@+]([O-])C(C)(C)C)c1c(C)c(-c2ccccc2C)cc(F)c1F. The molecule has 7 heteroatoms. The van der Waals surface area contributed by atoms with Gasteiger partial charge in [-0.3, -0.25) is 4.79 Å². The van der Waals surface area contributed by atoms with Gasteiger partial charge in [-0.1, -0.05) is 24.3 Å². The minimum absolute atomic E-state index is 0.0149. The number of carbonyl (C=O) groups is 1. The van der Waals surface area contributed by atoms with E-state index in [1.807, 2.05) is 31.2 Å². The lowest BCUT2D eigenvalue weighted by Gasteiger charge is -2.29. The van der Waals surface area contributed by atoms with Crippen LogP contribution in [0.25, 0.3) is 11.1 Å². The summed E-state index contributed by atoms with van der Waals surface area (Å²) in [6.07, 6.45) is -0.274. The van der Waals surface area contributed by atoms with E-state index in [1.165, 1.54) is 6.07 Å². The van der Waals surface area contributed by atoms with Crippen LogP contribution in [0.2, 0.25) is 0 Å². The molecule has 2 rings (SSSR count). The summed E-state index contributed by atoms with van der Waals surface area (Å²) in [6.45, 7) is 10.7. The fourth-order valence-corrected chi connectivity index (χ4v) is 4.01.